The summed E-state index contributed by atoms with van der Waals surface area (Å²) in [6, 6.07) is 9.24. The first kappa shape index (κ1) is 15.2. The zero-order chi connectivity index (χ0) is 15.1. The van der Waals surface area contributed by atoms with Crippen molar-refractivity contribution in [2.45, 2.75) is 12.8 Å². The molecule has 0 fully saturated rings. The van der Waals surface area contributed by atoms with Gasteiger partial charge in [0.1, 0.15) is 11.6 Å². The maximum Gasteiger partial charge on any atom is 0.138 e. The molecule has 2 nitrogen and oxygen atoms in total. The van der Waals surface area contributed by atoms with Crippen LogP contribution in [0.4, 0.5) is 4.39 Å². The van der Waals surface area contributed by atoms with Gasteiger partial charge in [-0.3, -0.25) is 4.57 Å². The van der Waals surface area contributed by atoms with Gasteiger partial charge in [0, 0.05) is 10.5 Å². The first-order valence-corrected chi connectivity index (χ1v) is 8.60. The Kier molecular flexibility index (Phi) is 4.25. The molecule has 108 valence electrons. The van der Waals surface area contributed by atoms with E-state index in [9.17, 15) is 4.39 Å². The maximum atomic E-state index is 13.9. The second-order valence-corrected chi connectivity index (χ2v) is 6.99. The van der Waals surface area contributed by atoms with Crippen LogP contribution in [0.5, 0.6) is 0 Å². The normalized spacial score (nSPS) is 11.3. The lowest BCUT2D eigenvalue weighted by Gasteiger charge is -2.11. The minimum atomic E-state index is -0.256. The minimum absolute atomic E-state index is 0.256. The Morgan fingerprint density at radius 3 is 2.76 bits per heavy atom. The fourth-order valence-electron chi connectivity index (χ4n) is 2.27. The molecule has 0 spiro atoms. The predicted molar refractivity (Wildman–Crippen MR) is 95.7 cm³/mol. The molecule has 0 saturated carbocycles. The number of nitrogens with zero attached hydrogens (tertiary/aromatic N) is 2. The molecule has 1 aromatic heterocycles. The molecule has 0 amide bonds. The van der Waals surface area contributed by atoms with Crippen LogP contribution >= 0.6 is 50.1 Å². The standard InChI is InChI=1S/C15H10BrClFIN2/c1-8-2-3-13(9(16)4-8)21-14-5-10(18)11(19)6-12(14)20-15(21)7-17/h2-6H,7H2,1H3. The molecule has 3 aromatic rings. The molecule has 0 aliphatic heterocycles. The van der Waals surface area contributed by atoms with Crippen LogP contribution in [0.25, 0.3) is 16.7 Å². The highest BCUT2D eigenvalue weighted by Crippen LogP contribution is 2.30. The van der Waals surface area contributed by atoms with Crippen molar-refractivity contribution in [2.24, 2.45) is 0 Å². The number of halogens is 4. The molecule has 0 aliphatic rings. The number of fused-ring (bicyclic) bond motifs is 1. The summed E-state index contributed by atoms with van der Waals surface area (Å²) in [6.07, 6.45) is 0. The summed E-state index contributed by atoms with van der Waals surface area (Å²) in [5.41, 5.74) is 3.50. The van der Waals surface area contributed by atoms with E-state index in [1.165, 1.54) is 6.07 Å². The van der Waals surface area contributed by atoms with Gasteiger partial charge in [0.2, 0.25) is 0 Å². The highest BCUT2D eigenvalue weighted by Gasteiger charge is 2.16. The molecule has 0 unspecified atom stereocenters. The maximum absolute atomic E-state index is 13.9. The summed E-state index contributed by atoms with van der Waals surface area (Å²) in [7, 11) is 0. The molecule has 2 aromatic carbocycles. The summed E-state index contributed by atoms with van der Waals surface area (Å²) < 4.78 is 17.3. The van der Waals surface area contributed by atoms with E-state index in [1.54, 1.807) is 6.07 Å². The lowest BCUT2D eigenvalue weighted by Crippen LogP contribution is -2.00. The van der Waals surface area contributed by atoms with E-state index in [4.69, 9.17) is 11.6 Å². The zero-order valence-corrected chi connectivity index (χ0v) is 15.5. The first-order valence-electron chi connectivity index (χ1n) is 6.20. The zero-order valence-electron chi connectivity index (χ0n) is 11.0. The Hall–Kier alpha value is -0.660. The average molecular weight is 480 g/mol. The van der Waals surface area contributed by atoms with Crippen LogP contribution in [0.2, 0.25) is 0 Å². The van der Waals surface area contributed by atoms with Crippen LogP contribution in [0.3, 0.4) is 0 Å². The van der Waals surface area contributed by atoms with Crippen LogP contribution in [-0.2, 0) is 5.88 Å². The SMILES string of the molecule is Cc1ccc(-n2c(CCl)nc3cc(I)c(F)cc32)c(Br)c1. The van der Waals surface area contributed by atoms with E-state index >= 15 is 0 Å². The number of aromatic nitrogens is 2. The molecule has 0 N–H and O–H groups in total. The number of hydrogen-bond acceptors (Lipinski definition) is 1. The van der Waals surface area contributed by atoms with E-state index in [0.717, 1.165) is 21.2 Å². The number of imidazole rings is 1. The second kappa shape index (κ2) is 5.85. The number of benzene rings is 2. The summed E-state index contributed by atoms with van der Waals surface area (Å²) in [4.78, 5) is 4.51. The quantitative estimate of drug-likeness (QED) is 0.347. The second-order valence-electron chi connectivity index (χ2n) is 4.71. The summed E-state index contributed by atoms with van der Waals surface area (Å²) in [5, 5.41) is 0. The number of rotatable bonds is 2. The highest BCUT2D eigenvalue weighted by atomic mass is 127. The van der Waals surface area contributed by atoms with Crippen molar-refractivity contribution in [3.63, 3.8) is 0 Å². The van der Waals surface area contributed by atoms with Crippen molar-refractivity contribution in [1.82, 2.24) is 9.55 Å². The van der Waals surface area contributed by atoms with E-state index in [0.29, 0.717) is 14.9 Å². The third-order valence-electron chi connectivity index (χ3n) is 3.23. The molecule has 3 rings (SSSR count). The lowest BCUT2D eigenvalue weighted by molar-refractivity contribution is 0.621. The molecule has 0 atom stereocenters. The van der Waals surface area contributed by atoms with Gasteiger partial charge in [0.05, 0.1) is 26.2 Å². The molecule has 21 heavy (non-hydrogen) atoms. The topological polar surface area (TPSA) is 17.8 Å². The van der Waals surface area contributed by atoms with Crippen molar-refractivity contribution in [2.75, 3.05) is 0 Å². The fourth-order valence-corrected chi connectivity index (χ4v) is 3.57. The van der Waals surface area contributed by atoms with Crippen molar-refractivity contribution in [1.29, 1.82) is 0 Å². The monoisotopic (exact) mass is 478 g/mol. The van der Waals surface area contributed by atoms with Crippen molar-refractivity contribution < 1.29 is 4.39 Å². The molecule has 0 aliphatic carbocycles. The van der Waals surface area contributed by atoms with Crippen LogP contribution in [0.15, 0.2) is 34.8 Å². The Morgan fingerprint density at radius 2 is 2.10 bits per heavy atom. The van der Waals surface area contributed by atoms with Gasteiger partial charge in [-0.25, -0.2) is 9.37 Å². The van der Waals surface area contributed by atoms with E-state index < -0.39 is 0 Å². The average Bonchev–Trinajstić information content (AvgIpc) is 2.77. The third kappa shape index (κ3) is 2.71. The minimum Gasteiger partial charge on any atom is -0.294 e. The fraction of sp³-hybridized carbons (Fsp3) is 0.133. The molecule has 0 radical (unpaired) electrons. The molecule has 0 saturated heterocycles. The molecule has 6 heteroatoms. The van der Waals surface area contributed by atoms with Crippen molar-refractivity contribution >= 4 is 61.2 Å². The van der Waals surface area contributed by atoms with E-state index in [-0.39, 0.29) is 11.7 Å². The smallest absolute Gasteiger partial charge is 0.138 e. The Balaban J connectivity index is 2.37. The number of hydrogen-bond donors (Lipinski definition) is 0. The summed E-state index contributed by atoms with van der Waals surface area (Å²) in [6.45, 7) is 2.02. The highest BCUT2D eigenvalue weighted by molar-refractivity contribution is 14.1. The summed E-state index contributed by atoms with van der Waals surface area (Å²) >= 11 is 11.6. The molecular formula is C15H10BrClFIN2. The summed E-state index contributed by atoms with van der Waals surface area (Å²) in [5.74, 6) is 0.693. The van der Waals surface area contributed by atoms with Gasteiger partial charge < -0.3 is 0 Å². The lowest BCUT2D eigenvalue weighted by atomic mass is 10.2. The van der Waals surface area contributed by atoms with Crippen LogP contribution < -0.4 is 0 Å². The van der Waals surface area contributed by atoms with Gasteiger partial charge in [0.15, 0.2) is 0 Å². The predicted octanol–water partition coefficient (Wildman–Crippen LogP) is 5.58. The van der Waals surface area contributed by atoms with Gasteiger partial charge in [-0.15, -0.1) is 11.6 Å². The van der Waals surface area contributed by atoms with Crippen LogP contribution in [0, 0.1) is 16.3 Å². The van der Waals surface area contributed by atoms with Crippen LogP contribution in [-0.4, -0.2) is 9.55 Å². The van der Waals surface area contributed by atoms with Crippen molar-refractivity contribution in [3.8, 4) is 5.69 Å². The van der Waals surface area contributed by atoms with Gasteiger partial charge in [-0.1, -0.05) is 6.07 Å². The first-order chi connectivity index (χ1) is 10.0. The van der Waals surface area contributed by atoms with E-state index in [2.05, 4.69) is 20.9 Å². The molecule has 1 heterocycles. The Labute approximate surface area is 148 Å². The number of aryl methyl sites for hydroxylation is 1. The van der Waals surface area contributed by atoms with Crippen LogP contribution in [0.1, 0.15) is 11.4 Å². The van der Waals surface area contributed by atoms with Gasteiger partial charge in [-0.2, -0.15) is 0 Å². The van der Waals surface area contributed by atoms with Gasteiger partial charge in [-0.05, 0) is 69.2 Å². The third-order valence-corrected chi connectivity index (χ3v) is 4.93. The largest absolute Gasteiger partial charge is 0.294 e. The Morgan fingerprint density at radius 1 is 1.33 bits per heavy atom. The van der Waals surface area contributed by atoms with Crippen molar-refractivity contribution in [3.05, 3.63) is 55.6 Å². The van der Waals surface area contributed by atoms with E-state index in [1.807, 2.05) is 52.3 Å². The van der Waals surface area contributed by atoms with Gasteiger partial charge in [0.25, 0.3) is 0 Å². The molecule has 0 bridgehead atoms. The van der Waals surface area contributed by atoms with Gasteiger partial charge >= 0.3 is 0 Å². The number of alkyl halides is 1. The molecular weight excluding hydrogens is 469 g/mol. The Bertz CT molecular complexity index is 847.